The van der Waals surface area contributed by atoms with Crippen LogP contribution in [0.15, 0.2) is 29.1 Å². The second-order valence-corrected chi connectivity index (χ2v) is 8.65. The Bertz CT molecular complexity index is 1190. The molecule has 0 radical (unpaired) electrons. The van der Waals surface area contributed by atoms with Gasteiger partial charge in [0.05, 0.1) is 11.0 Å². The smallest absolute Gasteiger partial charge is 0.342 e. The van der Waals surface area contributed by atoms with Gasteiger partial charge in [0, 0.05) is 25.2 Å². The van der Waals surface area contributed by atoms with E-state index in [2.05, 4.69) is 18.9 Å². The predicted molar refractivity (Wildman–Crippen MR) is 122 cm³/mol. The predicted octanol–water partition coefficient (Wildman–Crippen LogP) is 2.11. The van der Waals surface area contributed by atoms with E-state index >= 15 is 0 Å². The van der Waals surface area contributed by atoms with Crippen LogP contribution in [0.5, 0.6) is 0 Å². The maximum Gasteiger partial charge on any atom is 0.352 e. The molecule has 2 aromatic heterocycles. The molecule has 1 aliphatic heterocycles. The Morgan fingerprint density at radius 2 is 1.66 bits per heavy atom. The van der Waals surface area contributed by atoms with Crippen molar-refractivity contribution in [1.82, 2.24) is 28.5 Å². The molecule has 0 unspecified atom stereocenters. The summed E-state index contributed by atoms with van der Waals surface area (Å²) in [6.07, 6.45) is 3.13. The van der Waals surface area contributed by atoms with Crippen LogP contribution < -0.4 is 5.69 Å². The normalized spacial score (nSPS) is 19.1. The first-order chi connectivity index (χ1) is 15.4. The Hall–Kier alpha value is -3.10. The highest BCUT2D eigenvalue weighted by Gasteiger charge is 2.30. The summed E-state index contributed by atoms with van der Waals surface area (Å²) in [6.45, 7) is 9.13. The molecule has 9 heteroatoms. The summed E-state index contributed by atoms with van der Waals surface area (Å²) in [5.74, 6) is 0.254. The lowest BCUT2D eigenvalue weighted by Gasteiger charge is -2.39. The monoisotopic (exact) mass is 440 g/mol. The van der Waals surface area contributed by atoms with E-state index in [9.17, 15) is 14.4 Å². The number of para-hydroxylation sites is 2. The number of rotatable bonds is 6. The van der Waals surface area contributed by atoms with Gasteiger partial charge >= 0.3 is 5.69 Å². The average Bonchev–Trinajstić information content (AvgIpc) is 3.24. The summed E-state index contributed by atoms with van der Waals surface area (Å²) in [6, 6.07) is 7.86. The average molecular weight is 441 g/mol. The van der Waals surface area contributed by atoms with Gasteiger partial charge in [-0.25, -0.2) is 13.9 Å². The zero-order valence-electron chi connectivity index (χ0n) is 19.3. The van der Waals surface area contributed by atoms with E-state index in [1.807, 2.05) is 43.0 Å². The van der Waals surface area contributed by atoms with Crippen LogP contribution in [-0.4, -0.2) is 65.5 Å². The number of amides is 2. The van der Waals surface area contributed by atoms with Gasteiger partial charge in [-0.1, -0.05) is 12.1 Å². The van der Waals surface area contributed by atoms with Gasteiger partial charge in [0.15, 0.2) is 0 Å². The second kappa shape index (κ2) is 8.80. The minimum Gasteiger partial charge on any atom is -0.342 e. The summed E-state index contributed by atoms with van der Waals surface area (Å²) in [5, 5.41) is 4.49. The largest absolute Gasteiger partial charge is 0.352 e. The van der Waals surface area contributed by atoms with E-state index in [1.54, 1.807) is 9.47 Å². The van der Waals surface area contributed by atoms with Crippen LogP contribution in [-0.2, 0) is 22.7 Å². The van der Waals surface area contributed by atoms with E-state index in [1.165, 1.54) is 9.08 Å². The van der Waals surface area contributed by atoms with Crippen LogP contribution in [0.1, 0.15) is 47.0 Å². The minimum atomic E-state index is -0.373. The van der Waals surface area contributed by atoms with Crippen LogP contribution in [0.3, 0.4) is 0 Å². The fourth-order valence-corrected chi connectivity index (χ4v) is 4.96. The molecule has 0 spiro atoms. The number of benzene rings is 1. The Kier molecular flexibility index (Phi) is 6.08. The number of piperidine rings is 1. The first-order valence-electron chi connectivity index (χ1n) is 11.5. The van der Waals surface area contributed by atoms with Crippen molar-refractivity contribution in [2.75, 3.05) is 13.1 Å². The SMILES string of the molecule is CCN(CC)C(=O)Cn1nc2n(CC(=O)N3[C@H](C)CCC[C@@H]3C)c3ccccc3n2c1=O. The molecule has 32 heavy (non-hydrogen) atoms. The first-order valence-corrected chi connectivity index (χ1v) is 11.5. The van der Waals surface area contributed by atoms with Crippen LogP contribution in [0.25, 0.3) is 16.8 Å². The lowest BCUT2D eigenvalue weighted by Crippen LogP contribution is -2.48. The highest BCUT2D eigenvalue weighted by molar-refractivity contribution is 5.85. The topological polar surface area (TPSA) is 84.8 Å². The van der Waals surface area contributed by atoms with Crippen molar-refractivity contribution in [3.8, 4) is 0 Å². The van der Waals surface area contributed by atoms with E-state index in [0.717, 1.165) is 24.8 Å². The molecule has 1 aromatic carbocycles. The Balaban J connectivity index is 1.75. The molecule has 1 fully saturated rings. The van der Waals surface area contributed by atoms with E-state index in [0.29, 0.717) is 24.4 Å². The molecular formula is C23H32N6O3. The maximum atomic E-state index is 13.3. The lowest BCUT2D eigenvalue weighted by atomic mass is 9.97. The Morgan fingerprint density at radius 1 is 1.03 bits per heavy atom. The van der Waals surface area contributed by atoms with Crippen LogP contribution >= 0.6 is 0 Å². The van der Waals surface area contributed by atoms with Gasteiger partial charge in [0.2, 0.25) is 17.6 Å². The summed E-state index contributed by atoms with van der Waals surface area (Å²) in [7, 11) is 0. The van der Waals surface area contributed by atoms with Gasteiger partial charge in [0.1, 0.15) is 13.1 Å². The number of hydrogen-bond acceptors (Lipinski definition) is 4. The zero-order valence-corrected chi connectivity index (χ0v) is 19.3. The fraction of sp³-hybridized carbons (Fsp3) is 0.565. The van der Waals surface area contributed by atoms with Gasteiger partial charge in [-0.3, -0.25) is 14.2 Å². The summed E-state index contributed by atoms with van der Waals surface area (Å²) < 4.78 is 4.50. The molecule has 0 aliphatic carbocycles. The van der Waals surface area contributed by atoms with Crippen LogP contribution in [0, 0.1) is 0 Å². The molecule has 3 aromatic rings. The number of carbonyl (C=O) groups is 2. The van der Waals surface area contributed by atoms with E-state index in [4.69, 9.17) is 0 Å². The molecule has 1 saturated heterocycles. The number of nitrogens with zero attached hydrogens (tertiary/aromatic N) is 6. The minimum absolute atomic E-state index is 0.0224. The zero-order chi connectivity index (χ0) is 23.0. The summed E-state index contributed by atoms with van der Waals surface area (Å²) >= 11 is 0. The number of imidazole rings is 1. The quantitative estimate of drug-likeness (QED) is 0.588. The van der Waals surface area contributed by atoms with Crippen molar-refractivity contribution < 1.29 is 9.59 Å². The number of hydrogen-bond donors (Lipinski definition) is 0. The fourth-order valence-electron chi connectivity index (χ4n) is 4.96. The molecule has 2 atom stereocenters. The third kappa shape index (κ3) is 3.69. The van der Waals surface area contributed by atoms with E-state index < -0.39 is 0 Å². The molecule has 172 valence electrons. The van der Waals surface area contributed by atoms with Gasteiger partial charge in [-0.15, -0.1) is 5.10 Å². The third-order valence-corrected chi connectivity index (χ3v) is 6.65. The van der Waals surface area contributed by atoms with Crippen LogP contribution in [0.2, 0.25) is 0 Å². The molecule has 0 bridgehead atoms. The molecule has 1 aliphatic rings. The van der Waals surface area contributed by atoms with Crippen LogP contribution in [0.4, 0.5) is 0 Å². The maximum absolute atomic E-state index is 13.3. The van der Waals surface area contributed by atoms with Gasteiger partial charge in [-0.05, 0) is 59.1 Å². The number of likely N-dealkylation sites (N-methyl/N-ethyl adjacent to an activating group) is 1. The molecule has 2 amide bonds. The second-order valence-electron chi connectivity index (χ2n) is 8.65. The van der Waals surface area contributed by atoms with Crippen molar-refractivity contribution >= 4 is 28.6 Å². The van der Waals surface area contributed by atoms with Crippen molar-refractivity contribution in [3.05, 3.63) is 34.7 Å². The summed E-state index contributed by atoms with van der Waals surface area (Å²) in [4.78, 5) is 42.7. The molecular weight excluding hydrogens is 408 g/mol. The molecule has 9 nitrogen and oxygen atoms in total. The van der Waals surface area contributed by atoms with Crippen molar-refractivity contribution in [1.29, 1.82) is 0 Å². The van der Waals surface area contributed by atoms with Gasteiger partial charge in [0.25, 0.3) is 0 Å². The van der Waals surface area contributed by atoms with Crippen molar-refractivity contribution in [3.63, 3.8) is 0 Å². The van der Waals surface area contributed by atoms with Crippen molar-refractivity contribution in [2.24, 2.45) is 0 Å². The highest BCUT2D eigenvalue weighted by atomic mass is 16.2. The third-order valence-electron chi connectivity index (χ3n) is 6.65. The lowest BCUT2D eigenvalue weighted by molar-refractivity contribution is -0.137. The van der Waals surface area contributed by atoms with Crippen molar-refractivity contribution in [2.45, 2.75) is 72.1 Å². The molecule has 4 rings (SSSR count). The molecule has 3 heterocycles. The number of carbonyl (C=O) groups excluding carboxylic acids is 2. The standard InChI is InChI=1S/C23H32N6O3/c1-5-25(6-2)20(30)15-27-23(32)29-19-13-8-7-12-18(19)26(22(29)24-27)14-21(31)28-16(3)10-9-11-17(28)4/h7-8,12-13,16-17H,5-6,9-11,14-15H2,1-4H3/t16-,17+. The first kappa shape index (κ1) is 22.1. The van der Waals surface area contributed by atoms with E-state index in [-0.39, 0.29) is 42.7 Å². The molecule has 0 saturated carbocycles. The number of fused-ring (bicyclic) bond motifs is 3. The highest BCUT2D eigenvalue weighted by Crippen LogP contribution is 2.24. The Morgan fingerprint density at radius 3 is 2.28 bits per heavy atom. The summed E-state index contributed by atoms with van der Waals surface area (Å²) in [5.41, 5.74) is 1.09. The number of likely N-dealkylation sites (tertiary alicyclic amines) is 1. The Labute approximate surface area is 187 Å². The number of aromatic nitrogens is 4. The molecule has 0 N–H and O–H groups in total. The van der Waals surface area contributed by atoms with Gasteiger partial charge in [-0.2, -0.15) is 0 Å². The van der Waals surface area contributed by atoms with Gasteiger partial charge < -0.3 is 9.80 Å².